The van der Waals surface area contributed by atoms with Gasteiger partial charge in [-0.15, -0.1) is 0 Å². The number of fused-ring (bicyclic) bond motifs is 1. The number of aliphatic hydroxyl groups excluding tert-OH is 1. The zero-order valence-electron chi connectivity index (χ0n) is 12.7. The van der Waals surface area contributed by atoms with Crippen molar-refractivity contribution in [1.82, 2.24) is 0 Å². The molecule has 1 atom stereocenters. The second kappa shape index (κ2) is 6.39. The first-order valence-electron chi connectivity index (χ1n) is 7.26. The topological polar surface area (TPSA) is 62.2 Å². The summed E-state index contributed by atoms with van der Waals surface area (Å²) in [6.07, 6.45) is 0.442. The van der Waals surface area contributed by atoms with Crippen molar-refractivity contribution in [3.8, 4) is 11.5 Å². The van der Waals surface area contributed by atoms with Crippen LogP contribution in [0.4, 0.5) is 5.69 Å². The number of hydrogen-bond acceptors (Lipinski definition) is 5. The molecule has 0 saturated carbocycles. The smallest absolute Gasteiger partial charge is 0.231 e. The van der Waals surface area contributed by atoms with Gasteiger partial charge in [0.15, 0.2) is 11.5 Å². The minimum absolute atomic E-state index is 0.209. The van der Waals surface area contributed by atoms with E-state index < -0.39 is 5.54 Å². The average Bonchev–Trinajstić information content (AvgIpc) is 3.02. The van der Waals surface area contributed by atoms with Crippen LogP contribution in [0, 0.1) is 0 Å². The fourth-order valence-corrected chi connectivity index (χ4v) is 3.06. The molecule has 1 heterocycles. The maximum absolute atomic E-state index is 10.7. The molecule has 6 heteroatoms. The van der Waals surface area contributed by atoms with Crippen molar-refractivity contribution in [3.63, 3.8) is 0 Å². The average molecular weight is 380 g/mol. The highest BCUT2D eigenvalue weighted by Gasteiger charge is 2.33. The van der Waals surface area contributed by atoms with E-state index in [0.717, 1.165) is 15.1 Å². The highest BCUT2D eigenvalue weighted by molar-refractivity contribution is 9.10. The largest absolute Gasteiger partial charge is 0.454 e. The number of para-hydroxylation sites is 1. The van der Waals surface area contributed by atoms with Crippen LogP contribution in [-0.4, -0.2) is 29.3 Å². The summed E-state index contributed by atoms with van der Waals surface area (Å²) in [5, 5.41) is 21.7. The second-order valence-electron chi connectivity index (χ2n) is 5.78. The molecule has 3 rings (SSSR count). The first-order valence-corrected chi connectivity index (χ1v) is 8.06. The third kappa shape index (κ3) is 3.15. The highest BCUT2D eigenvalue weighted by atomic mass is 79.9. The van der Waals surface area contributed by atoms with Gasteiger partial charge in [-0.05, 0) is 52.7 Å². The van der Waals surface area contributed by atoms with E-state index in [-0.39, 0.29) is 13.4 Å². The summed E-state index contributed by atoms with van der Waals surface area (Å²) in [4.78, 5) is 0. The van der Waals surface area contributed by atoms with Gasteiger partial charge >= 0.3 is 0 Å². The summed E-state index contributed by atoms with van der Waals surface area (Å²) < 4.78 is 11.4. The number of benzene rings is 2. The lowest BCUT2D eigenvalue weighted by molar-refractivity contribution is 0.0992. The number of rotatable bonds is 5. The lowest BCUT2D eigenvalue weighted by Gasteiger charge is -2.37. The Labute approximate surface area is 143 Å². The van der Waals surface area contributed by atoms with Crippen LogP contribution < -0.4 is 14.5 Å². The molecule has 0 bridgehead atoms. The van der Waals surface area contributed by atoms with Crippen molar-refractivity contribution in [2.75, 3.05) is 18.5 Å². The Morgan fingerprint density at radius 3 is 2.65 bits per heavy atom. The normalized spacial score (nSPS) is 15.3. The Balaban J connectivity index is 1.87. The van der Waals surface area contributed by atoms with Crippen LogP contribution in [0.1, 0.15) is 12.5 Å². The molecular formula is C17H18BrNO4. The van der Waals surface area contributed by atoms with Crippen LogP contribution in [0.2, 0.25) is 0 Å². The zero-order valence-corrected chi connectivity index (χ0v) is 14.3. The van der Waals surface area contributed by atoms with Crippen LogP contribution in [0.15, 0.2) is 46.9 Å². The van der Waals surface area contributed by atoms with Gasteiger partial charge in [-0.1, -0.05) is 18.2 Å². The molecule has 0 spiro atoms. The molecule has 2 N–H and O–H groups in total. The Morgan fingerprint density at radius 2 is 1.91 bits per heavy atom. The van der Waals surface area contributed by atoms with Gasteiger partial charge in [0.05, 0.1) is 17.8 Å². The Bertz CT molecular complexity index is 709. The molecule has 2 aromatic carbocycles. The summed E-state index contributed by atoms with van der Waals surface area (Å²) in [6.45, 7) is 1.81. The molecule has 1 aliphatic heterocycles. The number of nitrogens with zero attached hydrogens (tertiary/aromatic N) is 1. The zero-order chi connectivity index (χ0) is 16.4. The van der Waals surface area contributed by atoms with Gasteiger partial charge in [-0.25, -0.2) is 5.06 Å². The van der Waals surface area contributed by atoms with Crippen LogP contribution in [0.3, 0.4) is 0 Å². The van der Waals surface area contributed by atoms with Crippen molar-refractivity contribution in [1.29, 1.82) is 0 Å². The minimum atomic E-state index is -0.877. The number of hydroxylamine groups is 1. The predicted octanol–water partition coefficient (Wildman–Crippen LogP) is 3.37. The Hall–Kier alpha value is -1.76. The van der Waals surface area contributed by atoms with E-state index in [2.05, 4.69) is 15.9 Å². The van der Waals surface area contributed by atoms with E-state index in [4.69, 9.17) is 9.47 Å². The monoisotopic (exact) mass is 379 g/mol. The van der Waals surface area contributed by atoms with E-state index >= 15 is 0 Å². The van der Waals surface area contributed by atoms with Gasteiger partial charge in [-0.3, -0.25) is 5.21 Å². The van der Waals surface area contributed by atoms with E-state index in [9.17, 15) is 10.3 Å². The third-order valence-electron chi connectivity index (χ3n) is 3.95. The molecule has 0 fully saturated rings. The molecule has 0 aliphatic carbocycles. The standard InChI is InChI=1S/C17H18BrNO4/c1-17(10-20,19(21)14-5-3-2-4-13(14)18)9-12-6-7-15-16(8-12)23-11-22-15/h2-8,20-21H,9-11H2,1H3. The third-order valence-corrected chi connectivity index (χ3v) is 4.63. The van der Waals surface area contributed by atoms with E-state index in [1.54, 1.807) is 13.0 Å². The quantitative estimate of drug-likeness (QED) is 0.779. The van der Waals surface area contributed by atoms with Gasteiger partial charge in [0, 0.05) is 10.9 Å². The van der Waals surface area contributed by atoms with Crippen LogP contribution >= 0.6 is 15.9 Å². The summed E-state index contributed by atoms with van der Waals surface area (Å²) in [6, 6.07) is 13.0. The van der Waals surface area contributed by atoms with E-state index in [0.29, 0.717) is 23.6 Å². The van der Waals surface area contributed by atoms with Crippen molar-refractivity contribution < 1.29 is 19.8 Å². The molecule has 23 heavy (non-hydrogen) atoms. The summed E-state index contributed by atoms with van der Waals surface area (Å²) in [7, 11) is 0. The molecular weight excluding hydrogens is 362 g/mol. The lowest BCUT2D eigenvalue weighted by atomic mass is 9.92. The van der Waals surface area contributed by atoms with Crippen LogP contribution in [0.5, 0.6) is 11.5 Å². The summed E-state index contributed by atoms with van der Waals surface area (Å²) in [5.41, 5.74) is 0.666. The fraction of sp³-hybridized carbons (Fsp3) is 0.294. The van der Waals surface area contributed by atoms with Crippen LogP contribution in [0.25, 0.3) is 0 Å². The van der Waals surface area contributed by atoms with Gasteiger partial charge in [0.1, 0.15) is 0 Å². The predicted molar refractivity (Wildman–Crippen MR) is 90.2 cm³/mol. The number of halogens is 1. The minimum Gasteiger partial charge on any atom is -0.454 e. The number of aliphatic hydroxyl groups is 1. The van der Waals surface area contributed by atoms with Crippen LogP contribution in [-0.2, 0) is 6.42 Å². The number of ether oxygens (including phenoxy) is 2. The molecule has 0 aromatic heterocycles. The van der Waals surface area contributed by atoms with Crippen molar-refractivity contribution >= 4 is 21.6 Å². The molecule has 2 aromatic rings. The first kappa shape index (κ1) is 16.1. The SMILES string of the molecule is CC(CO)(Cc1ccc2c(c1)OCO2)N(O)c1ccccc1Br. The van der Waals surface area contributed by atoms with Crippen molar-refractivity contribution in [3.05, 3.63) is 52.5 Å². The first-order chi connectivity index (χ1) is 11.0. The summed E-state index contributed by atoms with van der Waals surface area (Å²) in [5.74, 6) is 1.40. The molecule has 1 aliphatic rings. The van der Waals surface area contributed by atoms with Gasteiger partial charge in [-0.2, -0.15) is 0 Å². The second-order valence-corrected chi connectivity index (χ2v) is 6.64. The highest BCUT2D eigenvalue weighted by Crippen LogP contribution is 2.35. The van der Waals surface area contributed by atoms with E-state index in [1.165, 1.54) is 0 Å². The van der Waals surface area contributed by atoms with Crippen molar-refractivity contribution in [2.24, 2.45) is 0 Å². The molecule has 1 unspecified atom stereocenters. The van der Waals surface area contributed by atoms with Gasteiger partial charge < -0.3 is 14.6 Å². The van der Waals surface area contributed by atoms with Crippen molar-refractivity contribution in [2.45, 2.75) is 18.9 Å². The van der Waals surface area contributed by atoms with Gasteiger partial charge in [0.25, 0.3) is 0 Å². The fourth-order valence-electron chi connectivity index (χ4n) is 2.60. The Kier molecular flexibility index (Phi) is 4.48. The molecule has 5 nitrogen and oxygen atoms in total. The maximum atomic E-state index is 10.7. The molecule has 0 amide bonds. The Morgan fingerprint density at radius 1 is 1.17 bits per heavy atom. The van der Waals surface area contributed by atoms with Gasteiger partial charge in [0.2, 0.25) is 6.79 Å². The molecule has 0 radical (unpaired) electrons. The summed E-state index contributed by atoms with van der Waals surface area (Å²) >= 11 is 3.42. The molecule has 122 valence electrons. The lowest BCUT2D eigenvalue weighted by Crippen LogP contribution is -2.49. The van der Waals surface area contributed by atoms with E-state index in [1.807, 2.05) is 36.4 Å². The number of anilines is 1. The molecule has 0 saturated heterocycles. The number of hydrogen-bond donors (Lipinski definition) is 2. The maximum Gasteiger partial charge on any atom is 0.231 e.